The maximum atomic E-state index is 13.9. The van der Waals surface area contributed by atoms with Crippen molar-refractivity contribution in [1.82, 2.24) is 39.0 Å². The van der Waals surface area contributed by atoms with E-state index in [0.29, 0.717) is 64.8 Å². The summed E-state index contributed by atoms with van der Waals surface area (Å²) in [6, 6.07) is 17.5. The summed E-state index contributed by atoms with van der Waals surface area (Å²) in [7, 11) is 1.65. The Morgan fingerprint density at radius 2 is 1.69 bits per heavy atom. The van der Waals surface area contributed by atoms with Gasteiger partial charge >= 0.3 is 18.1 Å². The van der Waals surface area contributed by atoms with Gasteiger partial charge in [0, 0.05) is 74.9 Å². The van der Waals surface area contributed by atoms with Gasteiger partial charge in [0.1, 0.15) is 23.9 Å². The van der Waals surface area contributed by atoms with E-state index in [0.717, 1.165) is 74.1 Å². The molecule has 6 heterocycles. The van der Waals surface area contributed by atoms with Crippen LogP contribution in [0.1, 0.15) is 92.4 Å². The number of hydrogen-bond donors (Lipinski definition) is 4. The summed E-state index contributed by atoms with van der Waals surface area (Å²) in [6.07, 6.45) is 1.12. The van der Waals surface area contributed by atoms with Crippen LogP contribution in [0.4, 0.5) is 4.79 Å². The predicted octanol–water partition coefficient (Wildman–Crippen LogP) is 6.72. The number of carbonyl (C=O) groups excluding carboxylic acids is 2. The zero-order valence-electron chi connectivity index (χ0n) is 38.4. The number of cyclic esters (lactones) is 1. The first-order valence-corrected chi connectivity index (χ1v) is 23.0. The molecule has 0 radical (unpaired) electrons. The number of aromatic hydroxyl groups is 4. The van der Waals surface area contributed by atoms with E-state index in [1.165, 1.54) is 15.5 Å². The predicted molar refractivity (Wildman–Crippen MR) is 249 cm³/mol. The van der Waals surface area contributed by atoms with Crippen molar-refractivity contribution in [1.29, 1.82) is 0 Å². The normalized spacial score (nSPS) is 16.4. The van der Waals surface area contributed by atoms with E-state index >= 15 is 0 Å². The summed E-state index contributed by atoms with van der Waals surface area (Å²) in [5.74, 6) is -0.524. The molecule has 1 amide bonds. The highest BCUT2D eigenvalue weighted by atomic mass is 16.6. The number of nitrogens with zero attached hydrogens (tertiary/aromatic N) is 8. The second-order valence-electron chi connectivity index (χ2n) is 18.0. The van der Waals surface area contributed by atoms with Crippen LogP contribution in [0.3, 0.4) is 0 Å². The molecule has 3 aromatic heterocycles. The van der Waals surface area contributed by atoms with Gasteiger partial charge in [-0.3, -0.25) is 14.6 Å². The second kappa shape index (κ2) is 18.4. The molecule has 1 saturated heterocycles. The fourth-order valence-electron chi connectivity index (χ4n) is 9.91. The number of carbonyl (C=O) groups is 2. The first-order chi connectivity index (χ1) is 32.2. The Hall–Kier alpha value is -6.98. The summed E-state index contributed by atoms with van der Waals surface area (Å²) < 4.78 is 14.3. The summed E-state index contributed by atoms with van der Waals surface area (Å²) in [4.78, 5) is 51.9. The molecule has 0 bridgehead atoms. The Balaban J connectivity index is 0.787. The van der Waals surface area contributed by atoms with Crippen LogP contribution in [0.25, 0.3) is 39.4 Å². The third kappa shape index (κ3) is 8.53. The summed E-state index contributed by atoms with van der Waals surface area (Å²) in [5.41, 5.74) is 6.72. The number of ether oxygens (including phenoxy) is 2. The van der Waals surface area contributed by atoms with Gasteiger partial charge in [0.25, 0.3) is 5.56 Å². The molecule has 0 saturated carbocycles. The third-order valence-electron chi connectivity index (χ3n) is 13.6. The van der Waals surface area contributed by atoms with Crippen LogP contribution in [-0.4, -0.2) is 117 Å². The molecular formula is C50H56N8O9. The van der Waals surface area contributed by atoms with Gasteiger partial charge in [0.05, 0.1) is 40.3 Å². The molecule has 350 valence electrons. The Morgan fingerprint density at radius 1 is 0.925 bits per heavy atom. The van der Waals surface area contributed by atoms with Gasteiger partial charge in [-0.15, -0.1) is 5.10 Å². The molecule has 17 heteroatoms. The van der Waals surface area contributed by atoms with Crippen LogP contribution < -0.4 is 5.56 Å². The van der Waals surface area contributed by atoms with Gasteiger partial charge in [0.15, 0.2) is 5.82 Å². The van der Waals surface area contributed by atoms with Crippen LogP contribution in [0.2, 0.25) is 0 Å². The highest BCUT2D eigenvalue weighted by Gasteiger charge is 2.39. The monoisotopic (exact) mass is 912 g/mol. The van der Waals surface area contributed by atoms with Crippen molar-refractivity contribution in [2.24, 2.45) is 0 Å². The Kier molecular flexibility index (Phi) is 12.4. The van der Waals surface area contributed by atoms with Gasteiger partial charge in [-0.25, -0.2) is 19.1 Å². The Bertz CT molecular complexity index is 2940. The third-order valence-corrected chi connectivity index (χ3v) is 13.6. The summed E-state index contributed by atoms with van der Waals surface area (Å²) in [5, 5.41) is 50.8. The van der Waals surface area contributed by atoms with Crippen LogP contribution >= 0.6 is 0 Å². The molecule has 3 aromatic carbocycles. The molecule has 6 aromatic rings. The first-order valence-electron chi connectivity index (χ1n) is 23.0. The zero-order chi connectivity index (χ0) is 47.3. The lowest BCUT2D eigenvalue weighted by Gasteiger charge is -2.39. The van der Waals surface area contributed by atoms with Crippen molar-refractivity contribution in [2.75, 3.05) is 39.8 Å². The number of phenols is 3. The Morgan fingerprint density at radius 3 is 2.40 bits per heavy atom. The lowest BCUT2D eigenvalue weighted by atomic mass is 9.97. The average molecular weight is 913 g/mol. The minimum Gasteiger partial charge on any atom is -0.508 e. The fourth-order valence-corrected chi connectivity index (χ4v) is 9.91. The Labute approximate surface area is 387 Å². The molecule has 2 atom stereocenters. The van der Waals surface area contributed by atoms with Gasteiger partial charge in [0.2, 0.25) is 6.10 Å². The number of fused-ring (bicyclic) bond motifs is 5. The SMILES string of the molecule is CCc1c2c(nc3ccc(O)cc13)-c1cc3c(c(=O)n1C2)COC(=O)C3OC(=O)N(C)CCCC(CC)N1CCN(Cc2ccc(-n3c(O)nnc3-c3cc(C(C)C)c(O)cc3O)cc2)CC1. The summed E-state index contributed by atoms with van der Waals surface area (Å²) >= 11 is 0. The molecule has 3 aliphatic heterocycles. The van der Waals surface area contributed by atoms with Gasteiger partial charge < -0.3 is 39.4 Å². The van der Waals surface area contributed by atoms with Crippen molar-refractivity contribution in [3.05, 3.63) is 104 Å². The molecule has 67 heavy (non-hydrogen) atoms. The van der Waals surface area contributed by atoms with Crippen LogP contribution in [-0.2, 0) is 40.4 Å². The molecule has 4 N–H and O–H groups in total. The number of hydrogen-bond acceptors (Lipinski definition) is 14. The van der Waals surface area contributed by atoms with E-state index in [9.17, 15) is 34.8 Å². The van der Waals surface area contributed by atoms with E-state index in [1.54, 1.807) is 41.9 Å². The lowest BCUT2D eigenvalue weighted by Crippen LogP contribution is -2.50. The van der Waals surface area contributed by atoms with Crippen molar-refractivity contribution >= 4 is 23.0 Å². The highest BCUT2D eigenvalue weighted by molar-refractivity contribution is 5.89. The zero-order valence-corrected chi connectivity index (χ0v) is 38.4. The lowest BCUT2D eigenvalue weighted by molar-refractivity contribution is -0.158. The molecule has 1 fully saturated rings. The van der Waals surface area contributed by atoms with Crippen molar-refractivity contribution in [2.45, 2.75) is 91.1 Å². The minimum atomic E-state index is -1.40. The van der Waals surface area contributed by atoms with E-state index in [4.69, 9.17) is 14.5 Å². The topological polar surface area (TPSA) is 209 Å². The number of rotatable bonds is 13. The number of aryl methyl sites for hydroxylation is 1. The molecule has 0 spiro atoms. The standard InChI is InChI=1S/C50H56N8O9/c1-6-30(56-19-17-55(18-20-56)25-29-10-12-31(13-11-29)58-46(52-53-49(58)64)37-22-34(28(3)4)42(60)24-43(37)61)9-8-16-54(5)50(65)67-45-36-23-41-44-38(26-57(41)47(62)39(36)27-66-48(45)63)33(7-2)35-21-32(59)14-15-40(35)51-44/h10-15,21-24,28,30,45,59-61H,6-9,16-20,25-27H2,1-5H3,(H,53,64). The smallest absolute Gasteiger partial charge is 0.410 e. The number of esters is 1. The maximum Gasteiger partial charge on any atom is 0.410 e. The molecule has 0 aliphatic carbocycles. The quantitative estimate of drug-likeness (QED) is 0.0886. The van der Waals surface area contributed by atoms with Crippen LogP contribution in [0, 0.1) is 0 Å². The van der Waals surface area contributed by atoms with Crippen molar-refractivity contribution in [3.8, 4) is 51.7 Å². The van der Waals surface area contributed by atoms with Gasteiger partial charge in [-0.05, 0) is 90.8 Å². The molecule has 9 rings (SSSR count). The van der Waals surface area contributed by atoms with E-state index in [1.807, 2.05) is 45.0 Å². The van der Waals surface area contributed by atoms with Gasteiger partial charge in [-0.1, -0.05) is 44.9 Å². The van der Waals surface area contributed by atoms with Crippen molar-refractivity contribution in [3.63, 3.8) is 0 Å². The van der Waals surface area contributed by atoms with E-state index < -0.39 is 18.2 Å². The highest BCUT2D eigenvalue weighted by Crippen LogP contribution is 2.41. The van der Waals surface area contributed by atoms with Crippen molar-refractivity contribution < 1.29 is 39.5 Å². The molecular weight excluding hydrogens is 857 g/mol. The number of aromatic nitrogens is 5. The maximum absolute atomic E-state index is 13.9. The first kappa shape index (κ1) is 45.2. The largest absolute Gasteiger partial charge is 0.508 e. The average Bonchev–Trinajstić information content (AvgIpc) is 3.88. The van der Waals surface area contributed by atoms with E-state index in [-0.39, 0.29) is 52.7 Å². The number of amides is 1. The molecule has 17 nitrogen and oxygen atoms in total. The minimum absolute atomic E-state index is 0.00505. The number of pyridine rings is 2. The van der Waals surface area contributed by atoms with Crippen LogP contribution in [0.15, 0.2) is 65.5 Å². The van der Waals surface area contributed by atoms with Gasteiger partial charge in [-0.2, -0.15) is 0 Å². The number of benzene rings is 3. The molecule has 2 unspecified atom stereocenters. The number of piperazine rings is 1. The molecule has 3 aliphatic rings. The second-order valence-corrected chi connectivity index (χ2v) is 18.0. The van der Waals surface area contributed by atoms with Crippen LogP contribution in [0.5, 0.6) is 23.3 Å². The van der Waals surface area contributed by atoms with E-state index in [2.05, 4.69) is 26.9 Å². The number of phenolic OH excluding ortho intramolecular Hbond substituents is 3. The fraction of sp³-hybridized carbons (Fsp3) is 0.400. The summed E-state index contributed by atoms with van der Waals surface area (Å²) in [6.45, 7) is 12.9.